The maximum atomic E-state index is 10.7. The Labute approximate surface area is 102 Å². The number of rotatable bonds is 4. The van der Waals surface area contributed by atoms with Crippen molar-refractivity contribution in [3.63, 3.8) is 0 Å². The standard InChI is InChI=1S/C12H22N2O3/c1-14-6-4-9(5-7-14)13-8-10-2-3-11(17-10)12(15)16/h9-11,13H,2-8H2,1H3,(H,15,16). The fourth-order valence-electron chi connectivity index (χ4n) is 2.55. The fourth-order valence-corrected chi connectivity index (χ4v) is 2.55. The number of ether oxygens (including phenoxy) is 1. The van der Waals surface area contributed by atoms with Gasteiger partial charge in [0.25, 0.3) is 0 Å². The van der Waals surface area contributed by atoms with Crippen molar-refractivity contribution in [3.05, 3.63) is 0 Å². The van der Waals surface area contributed by atoms with Gasteiger partial charge >= 0.3 is 5.97 Å². The molecule has 0 amide bonds. The van der Waals surface area contributed by atoms with Gasteiger partial charge in [-0.1, -0.05) is 0 Å². The first-order valence-electron chi connectivity index (χ1n) is 6.45. The molecule has 2 unspecified atom stereocenters. The molecule has 0 aliphatic carbocycles. The molecule has 2 aliphatic rings. The summed E-state index contributed by atoms with van der Waals surface area (Å²) in [5, 5.41) is 12.3. The maximum Gasteiger partial charge on any atom is 0.332 e. The average molecular weight is 242 g/mol. The van der Waals surface area contributed by atoms with Crippen molar-refractivity contribution in [3.8, 4) is 0 Å². The van der Waals surface area contributed by atoms with Crippen LogP contribution in [-0.4, -0.2) is 60.9 Å². The minimum absolute atomic E-state index is 0.0794. The Morgan fingerprint density at radius 1 is 1.35 bits per heavy atom. The van der Waals surface area contributed by atoms with Crippen LogP contribution in [0.25, 0.3) is 0 Å². The lowest BCUT2D eigenvalue weighted by atomic mass is 10.1. The van der Waals surface area contributed by atoms with Crippen LogP contribution in [0.4, 0.5) is 0 Å². The second-order valence-electron chi connectivity index (χ2n) is 5.15. The van der Waals surface area contributed by atoms with E-state index in [1.165, 1.54) is 12.8 Å². The predicted molar refractivity (Wildman–Crippen MR) is 64.1 cm³/mol. The zero-order chi connectivity index (χ0) is 12.3. The molecule has 98 valence electrons. The molecule has 5 nitrogen and oxygen atoms in total. The Bertz CT molecular complexity index is 264. The number of hydrogen-bond donors (Lipinski definition) is 2. The quantitative estimate of drug-likeness (QED) is 0.742. The van der Waals surface area contributed by atoms with Gasteiger partial charge in [0.1, 0.15) is 0 Å². The second-order valence-corrected chi connectivity index (χ2v) is 5.15. The van der Waals surface area contributed by atoms with Gasteiger partial charge in [-0.2, -0.15) is 0 Å². The van der Waals surface area contributed by atoms with E-state index < -0.39 is 12.1 Å². The predicted octanol–water partition coefficient (Wildman–Crippen LogP) is 0.302. The monoisotopic (exact) mass is 242 g/mol. The third-order valence-electron chi connectivity index (χ3n) is 3.74. The summed E-state index contributed by atoms with van der Waals surface area (Å²) in [5.74, 6) is -0.827. The zero-order valence-electron chi connectivity index (χ0n) is 10.4. The molecular formula is C12H22N2O3. The Kier molecular flexibility index (Phi) is 4.36. The van der Waals surface area contributed by atoms with Crippen LogP contribution in [-0.2, 0) is 9.53 Å². The van der Waals surface area contributed by atoms with E-state index in [1.54, 1.807) is 0 Å². The first-order valence-corrected chi connectivity index (χ1v) is 6.45. The lowest BCUT2D eigenvalue weighted by Gasteiger charge is -2.30. The molecule has 2 fully saturated rings. The molecule has 2 atom stereocenters. The molecule has 2 heterocycles. The summed E-state index contributed by atoms with van der Waals surface area (Å²) in [4.78, 5) is 13.1. The van der Waals surface area contributed by atoms with Gasteiger partial charge in [0, 0.05) is 12.6 Å². The zero-order valence-corrected chi connectivity index (χ0v) is 10.4. The van der Waals surface area contributed by atoms with Gasteiger partial charge in [0.05, 0.1) is 6.10 Å². The van der Waals surface area contributed by atoms with Crippen LogP contribution in [0.15, 0.2) is 0 Å². The summed E-state index contributed by atoms with van der Waals surface area (Å²) in [6.07, 6.45) is 3.35. The van der Waals surface area contributed by atoms with E-state index in [4.69, 9.17) is 9.84 Å². The number of carbonyl (C=O) groups is 1. The Hall–Kier alpha value is -0.650. The number of carboxylic acids is 1. The number of likely N-dealkylation sites (tertiary alicyclic amines) is 1. The third kappa shape index (κ3) is 3.66. The SMILES string of the molecule is CN1CCC(NCC2CCC(C(=O)O)O2)CC1. The number of nitrogens with one attached hydrogen (secondary N) is 1. The molecule has 0 saturated carbocycles. The molecule has 17 heavy (non-hydrogen) atoms. The van der Waals surface area contributed by atoms with Crippen molar-refractivity contribution in [2.45, 2.75) is 43.9 Å². The normalized spacial score (nSPS) is 31.8. The Morgan fingerprint density at radius 3 is 2.65 bits per heavy atom. The summed E-state index contributed by atoms with van der Waals surface area (Å²) in [5.41, 5.74) is 0. The largest absolute Gasteiger partial charge is 0.479 e. The van der Waals surface area contributed by atoms with Gasteiger partial charge in [0.2, 0.25) is 0 Å². The van der Waals surface area contributed by atoms with Crippen molar-refractivity contribution in [2.24, 2.45) is 0 Å². The number of aliphatic carboxylic acids is 1. The molecule has 0 bridgehead atoms. The summed E-state index contributed by atoms with van der Waals surface area (Å²) >= 11 is 0. The highest BCUT2D eigenvalue weighted by Crippen LogP contribution is 2.19. The van der Waals surface area contributed by atoms with Gasteiger partial charge in [-0.3, -0.25) is 0 Å². The summed E-state index contributed by atoms with van der Waals surface area (Å²) in [6, 6.07) is 0.568. The molecule has 2 N–H and O–H groups in total. The summed E-state index contributed by atoms with van der Waals surface area (Å²) in [6.45, 7) is 3.07. The minimum atomic E-state index is -0.827. The van der Waals surface area contributed by atoms with E-state index in [-0.39, 0.29) is 6.10 Å². The van der Waals surface area contributed by atoms with E-state index in [0.29, 0.717) is 12.5 Å². The van der Waals surface area contributed by atoms with Crippen LogP contribution in [0, 0.1) is 0 Å². The van der Waals surface area contributed by atoms with E-state index in [9.17, 15) is 4.79 Å². The highest BCUT2D eigenvalue weighted by atomic mass is 16.5. The highest BCUT2D eigenvalue weighted by Gasteiger charge is 2.30. The van der Waals surface area contributed by atoms with Crippen LogP contribution in [0.2, 0.25) is 0 Å². The lowest BCUT2D eigenvalue weighted by Crippen LogP contribution is -2.43. The van der Waals surface area contributed by atoms with Crippen LogP contribution >= 0.6 is 0 Å². The molecule has 0 aromatic rings. The molecule has 0 aromatic heterocycles. The fraction of sp³-hybridized carbons (Fsp3) is 0.917. The van der Waals surface area contributed by atoms with Crippen LogP contribution in [0.1, 0.15) is 25.7 Å². The van der Waals surface area contributed by atoms with Crippen molar-refractivity contribution in [1.29, 1.82) is 0 Å². The highest BCUT2D eigenvalue weighted by molar-refractivity contribution is 5.72. The van der Waals surface area contributed by atoms with Crippen molar-refractivity contribution >= 4 is 5.97 Å². The number of hydrogen-bond acceptors (Lipinski definition) is 4. The molecule has 0 aromatic carbocycles. The van der Waals surface area contributed by atoms with E-state index >= 15 is 0 Å². The second kappa shape index (κ2) is 5.80. The van der Waals surface area contributed by atoms with E-state index in [0.717, 1.165) is 26.1 Å². The molecule has 2 saturated heterocycles. The van der Waals surface area contributed by atoms with Crippen LogP contribution in [0.3, 0.4) is 0 Å². The summed E-state index contributed by atoms with van der Waals surface area (Å²) in [7, 11) is 2.15. The number of carboxylic acid groups (broad SMARTS) is 1. The first kappa shape index (κ1) is 12.8. The topological polar surface area (TPSA) is 61.8 Å². The summed E-state index contributed by atoms with van der Waals surface area (Å²) < 4.78 is 5.46. The molecular weight excluding hydrogens is 220 g/mol. The average Bonchev–Trinajstić information content (AvgIpc) is 2.77. The third-order valence-corrected chi connectivity index (χ3v) is 3.74. The van der Waals surface area contributed by atoms with E-state index in [2.05, 4.69) is 17.3 Å². The Balaban J connectivity index is 1.64. The van der Waals surface area contributed by atoms with Crippen LogP contribution in [0.5, 0.6) is 0 Å². The maximum absolute atomic E-state index is 10.7. The molecule has 2 aliphatic heterocycles. The lowest BCUT2D eigenvalue weighted by molar-refractivity contribution is -0.149. The smallest absolute Gasteiger partial charge is 0.332 e. The van der Waals surface area contributed by atoms with E-state index in [1.807, 2.05) is 0 Å². The van der Waals surface area contributed by atoms with Crippen molar-refractivity contribution < 1.29 is 14.6 Å². The van der Waals surface area contributed by atoms with Gasteiger partial charge < -0.3 is 20.1 Å². The Morgan fingerprint density at radius 2 is 2.06 bits per heavy atom. The van der Waals surface area contributed by atoms with Gasteiger partial charge in [-0.25, -0.2) is 4.79 Å². The van der Waals surface area contributed by atoms with Gasteiger partial charge in [-0.05, 0) is 45.8 Å². The van der Waals surface area contributed by atoms with Crippen molar-refractivity contribution in [1.82, 2.24) is 10.2 Å². The molecule has 0 spiro atoms. The molecule has 0 radical (unpaired) electrons. The number of nitrogens with zero attached hydrogens (tertiary/aromatic N) is 1. The first-order chi connectivity index (χ1) is 8.15. The minimum Gasteiger partial charge on any atom is -0.479 e. The van der Waals surface area contributed by atoms with Gasteiger partial charge in [-0.15, -0.1) is 0 Å². The molecule has 5 heteroatoms. The number of piperidine rings is 1. The molecule has 2 rings (SSSR count). The van der Waals surface area contributed by atoms with Crippen LogP contribution < -0.4 is 5.32 Å². The van der Waals surface area contributed by atoms with Crippen molar-refractivity contribution in [2.75, 3.05) is 26.7 Å². The van der Waals surface area contributed by atoms with Gasteiger partial charge in [0.15, 0.2) is 6.10 Å².